The van der Waals surface area contributed by atoms with Crippen LogP contribution in [0.25, 0.3) is 11.0 Å². The molecular weight excluding hydrogens is 260 g/mol. The van der Waals surface area contributed by atoms with Gasteiger partial charge in [-0.25, -0.2) is 9.97 Å². The monoisotopic (exact) mass is 274 g/mol. The number of nitrogens with one attached hydrogen (secondary N) is 1. The largest absolute Gasteiger partial charge is 0.476 e. The summed E-state index contributed by atoms with van der Waals surface area (Å²) in [6, 6.07) is 4.42. The van der Waals surface area contributed by atoms with Gasteiger partial charge < -0.3 is 10.1 Å². The van der Waals surface area contributed by atoms with Crippen LogP contribution in [-0.2, 0) is 0 Å². The third-order valence-electron chi connectivity index (χ3n) is 3.34. The quantitative estimate of drug-likeness (QED) is 0.671. The number of non-ortho nitro benzene ring substituents is 1. The Morgan fingerprint density at radius 2 is 2.35 bits per heavy atom. The number of fused-ring (bicyclic) bond motifs is 1. The molecule has 1 atom stereocenters. The average molecular weight is 274 g/mol. The fraction of sp³-hybridized carbons (Fsp3) is 0.385. The molecule has 1 aliphatic rings. The summed E-state index contributed by atoms with van der Waals surface area (Å²) < 4.78 is 5.63. The lowest BCUT2D eigenvalue weighted by Gasteiger charge is -2.09. The molecule has 1 saturated heterocycles. The number of rotatable bonds is 4. The standard InChI is InChI=1S/C13H14N4O3/c18-17(19)10-1-2-11-12(5-10)15-7-13(16-11)20-8-9-3-4-14-6-9/h1-2,5,7,9,14H,3-4,6,8H2. The van der Waals surface area contributed by atoms with E-state index in [0.29, 0.717) is 29.4 Å². The van der Waals surface area contributed by atoms with Crippen LogP contribution < -0.4 is 10.1 Å². The Bertz CT molecular complexity index is 641. The van der Waals surface area contributed by atoms with Crippen molar-refractivity contribution in [3.63, 3.8) is 0 Å². The van der Waals surface area contributed by atoms with Gasteiger partial charge in [0.15, 0.2) is 0 Å². The fourth-order valence-electron chi connectivity index (χ4n) is 2.23. The van der Waals surface area contributed by atoms with E-state index >= 15 is 0 Å². The number of hydrogen-bond acceptors (Lipinski definition) is 6. The fourth-order valence-corrected chi connectivity index (χ4v) is 2.23. The van der Waals surface area contributed by atoms with Gasteiger partial charge in [0.2, 0.25) is 5.88 Å². The van der Waals surface area contributed by atoms with E-state index in [9.17, 15) is 10.1 Å². The number of hydrogen-bond donors (Lipinski definition) is 1. The maximum absolute atomic E-state index is 10.7. The molecule has 1 N–H and O–H groups in total. The molecule has 0 aliphatic carbocycles. The highest BCUT2D eigenvalue weighted by atomic mass is 16.6. The van der Waals surface area contributed by atoms with E-state index in [0.717, 1.165) is 19.5 Å². The number of benzene rings is 1. The lowest BCUT2D eigenvalue weighted by Crippen LogP contribution is -2.15. The van der Waals surface area contributed by atoms with Gasteiger partial charge in [0.25, 0.3) is 5.69 Å². The van der Waals surface area contributed by atoms with Crippen molar-refractivity contribution >= 4 is 16.7 Å². The van der Waals surface area contributed by atoms with Gasteiger partial charge in [-0.1, -0.05) is 0 Å². The van der Waals surface area contributed by atoms with Crippen LogP contribution in [0.5, 0.6) is 5.88 Å². The summed E-state index contributed by atoms with van der Waals surface area (Å²) in [6.07, 6.45) is 2.61. The van der Waals surface area contributed by atoms with Gasteiger partial charge >= 0.3 is 0 Å². The Hall–Kier alpha value is -2.28. The van der Waals surface area contributed by atoms with Crippen LogP contribution in [0.3, 0.4) is 0 Å². The van der Waals surface area contributed by atoms with Crippen molar-refractivity contribution in [1.29, 1.82) is 0 Å². The van der Waals surface area contributed by atoms with Crippen molar-refractivity contribution < 1.29 is 9.66 Å². The second-order valence-electron chi connectivity index (χ2n) is 4.81. The zero-order valence-electron chi connectivity index (χ0n) is 10.8. The summed E-state index contributed by atoms with van der Waals surface area (Å²) in [7, 11) is 0. The van der Waals surface area contributed by atoms with Crippen LogP contribution in [0.4, 0.5) is 5.69 Å². The molecule has 1 unspecified atom stereocenters. The summed E-state index contributed by atoms with van der Waals surface area (Å²) in [5.41, 5.74) is 1.10. The molecule has 1 fully saturated rings. The molecule has 2 heterocycles. The molecule has 7 nitrogen and oxygen atoms in total. The Morgan fingerprint density at radius 3 is 3.10 bits per heavy atom. The molecule has 7 heteroatoms. The normalized spacial score (nSPS) is 18.3. The molecule has 0 spiro atoms. The first-order chi connectivity index (χ1) is 9.72. The van der Waals surface area contributed by atoms with Crippen molar-refractivity contribution in [3.05, 3.63) is 34.5 Å². The number of ether oxygens (including phenoxy) is 1. The lowest BCUT2D eigenvalue weighted by atomic mass is 10.1. The third kappa shape index (κ3) is 2.67. The SMILES string of the molecule is O=[N+]([O-])c1ccc2nc(OCC3CCNC3)cnc2c1. The highest BCUT2D eigenvalue weighted by Gasteiger charge is 2.15. The van der Waals surface area contributed by atoms with Gasteiger partial charge in [0, 0.05) is 24.6 Å². The summed E-state index contributed by atoms with van der Waals surface area (Å²) in [6.45, 7) is 2.61. The number of nitro groups is 1. The van der Waals surface area contributed by atoms with Crippen molar-refractivity contribution in [2.45, 2.75) is 6.42 Å². The number of nitrogens with zero attached hydrogens (tertiary/aromatic N) is 3. The van der Waals surface area contributed by atoms with E-state index in [-0.39, 0.29) is 5.69 Å². The lowest BCUT2D eigenvalue weighted by molar-refractivity contribution is -0.384. The van der Waals surface area contributed by atoms with Gasteiger partial charge in [0.05, 0.1) is 28.8 Å². The highest BCUT2D eigenvalue weighted by Crippen LogP contribution is 2.20. The molecule has 1 aromatic heterocycles. The molecule has 20 heavy (non-hydrogen) atoms. The van der Waals surface area contributed by atoms with E-state index in [2.05, 4.69) is 15.3 Å². The Morgan fingerprint density at radius 1 is 1.45 bits per heavy atom. The first-order valence-corrected chi connectivity index (χ1v) is 6.47. The van der Waals surface area contributed by atoms with E-state index in [1.54, 1.807) is 6.07 Å². The molecule has 1 aromatic carbocycles. The third-order valence-corrected chi connectivity index (χ3v) is 3.34. The van der Waals surface area contributed by atoms with E-state index in [4.69, 9.17) is 4.74 Å². The van der Waals surface area contributed by atoms with Crippen LogP contribution in [-0.4, -0.2) is 34.6 Å². The summed E-state index contributed by atoms with van der Waals surface area (Å²) in [4.78, 5) is 18.7. The first-order valence-electron chi connectivity index (χ1n) is 6.47. The van der Waals surface area contributed by atoms with Crippen LogP contribution in [0.15, 0.2) is 24.4 Å². The predicted molar refractivity (Wildman–Crippen MR) is 72.7 cm³/mol. The average Bonchev–Trinajstić information content (AvgIpc) is 2.97. The first kappa shape index (κ1) is 12.7. The van der Waals surface area contributed by atoms with E-state index in [1.807, 2.05) is 0 Å². The van der Waals surface area contributed by atoms with Gasteiger partial charge in [-0.2, -0.15) is 0 Å². The maximum Gasteiger partial charge on any atom is 0.271 e. The summed E-state index contributed by atoms with van der Waals surface area (Å²) in [5, 5.41) is 14.0. The molecule has 2 aromatic rings. The van der Waals surface area contributed by atoms with Gasteiger partial charge in [-0.15, -0.1) is 0 Å². The van der Waals surface area contributed by atoms with Crippen molar-refractivity contribution in [2.24, 2.45) is 5.92 Å². The van der Waals surface area contributed by atoms with E-state index in [1.165, 1.54) is 18.3 Å². The zero-order chi connectivity index (χ0) is 13.9. The zero-order valence-corrected chi connectivity index (χ0v) is 10.8. The predicted octanol–water partition coefficient (Wildman–Crippen LogP) is 1.53. The molecule has 3 rings (SSSR count). The Labute approximate surface area is 115 Å². The minimum Gasteiger partial charge on any atom is -0.476 e. The van der Waals surface area contributed by atoms with Crippen LogP contribution >= 0.6 is 0 Å². The number of nitro benzene ring substituents is 1. The molecular formula is C13H14N4O3. The van der Waals surface area contributed by atoms with E-state index < -0.39 is 4.92 Å². The highest BCUT2D eigenvalue weighted by molar-refractivity contribution is 5.77. The number of aromatic nitrogens is 2. The Balaban J connectivity index is 1.76. The molecule has 104 valence electrons. The van der Waals surface area contributed by atoms with Crippen LogP contribution in [0.2, 0.25) is 0 Å². The molecule has 0 bridgehead atoms. The molecule has 0 radical (unpaired) electrons. The molecule has 0 amide bonds. The van der Waals surface area contributed by atoms with Crippen molar-refractivity contribution in [2.75, 3.05) is 19.7 Å². The smallest absolute Gasteiger partial charge is 0.271 e. The van der Waals surface area contributed by atoms with Gasteiger partial charge in [-0.05, 0) is 19.0 Å². The van der Waals surface area contributed by atoms with Crippen molar-refractivity contribution in [1.82, 2.24) is 15.3 Å². The minimum atomic E-state index is -0.446. The topological polar surface area (TPSA) is 90.2 Å². The second kappa shape index (κ2) is 5.38. The van der Waals surface area contributed by atoms with Crippen LogP contribution in [0, 0.1) is 16.0 Å². The summed E-state index contributed by atoms with van der Waals surface area (Å²) in [5.74, 6) is 0.961. The van der Waals surface area contributed by atoms with Crippen molar-refractivity contribution in [3.8, 4) is 5.88 Å². The van der Waals surface area contributed by atoms with Crippen LogP contribution in [0.1, 0.15) is 6.42 Å². The maximum atomic E-state index is 10.7. The summed E-state index contributed by atoms with van der Waals surface area (Å²) >= 11 is 0. The molecule has 0 saturated carbocycles. The second-order valence-corrected chi connectivity index (χ2v) is 4.81. The Kier molecular flexibility index (Phi) is 3.42. The van der Waals surface area contributed by atoms with Gasteiger partial charge in [0.1, 0.15) is 0 Å². The minimum absolute atomic E-state index is 0.0116. The molecule has 1 aliphatic heterocycles. The van der Waals surface area contributed by atoms with Gasteiger partial charge in [-0.3, -0.25) is 10.1 Å².